The van der Waals surface area contributed by atoms with E-state index in [-0.39, 0.29) is 0 Å². The number of nitrogens with zero attached hydrogens (tertiary/aromatic N) is 4. The molecule has 0 saturated heterocycles. The van der Waals surface area contributed by atoms with E-state index in [9.17, 15) is 0 Å². The molecule has 11 aromatic rings. The summed E-state index contributed by atoms with van der Waals surface area (Å²) in [7, 11) is 0. The van der Waals surface area contributed by atoms with Gasteiger partial charge in [-0.25, -0.2) is 15.0 Å². The first-order valence-electron chi connectivity index (χ1n) is 18.8. The molecule has 5 nitrogen and oxygen atoms in total. The van der Waals surface area contributed by atoms with Crippen molar-refractivity contribution in [3.8, 4) is 62.1 Å². The van der Waals surface area contributed by atoms with Crippen LogP contribution in [0.3, 0.4) is 0 Å². The van der Waals surface area contributed by atoms with E-state index >= 15 is 0 Å². The molecular formula is C51H32N4O. The van der Waals surface area contributed by atoms with E-state index in [1.807, 2.05) is 60.7 Å². The molecule has 11 rings (SSSR count). The van der Waals surface area contributed by atoms with Crippen molar-refractivity contribution >= 4 is 43.7 Å². The number of furan rings is 1. The fourth-order valence-electron chi connectivity index (χ4n) is 7.98. The maximum absolute atomic E-state index is 6.86. The molecule has 0 bridgehead atoms. The molecule has 0 atom stereocenters. The van der Waals surface area contributed by atoms with Crippen molar-refractivity contribution in [2.24, 2.45) is 0 Å². The van der Waals surface area contributed by atoms with Crippen LogP contribution in [0, 0.1) is 0 Å². The number of fused-ring (bicyclic) bond motifs is 6. The van der Waals surface area contributed by atoms with E-state index in [1.54, 1.807) is 0 Å². The number of aromatic nitrogens is 4. The SMILES string of the molecule is c1ccc(-c2cc(-n3c4ccccc4c4cc(-c5ccccc5)ccc43)c3c(c2)oc2cc(-c4nc(-c5ccccc5)nc(-c5ccccc5)n4)ccc23)cc1. The first-order chi connectivity index (χ1) is 27.7. The maximum Gasteiger partial charge on any atom is 0.164 e. The Balaban J connectivity index is 1.15. The molecule has 56 heavy (non-hydrogen) atoms. The highest BCUT2D eigenvalue weighted by atomic mass is 16.3. The highest BCUT2D eigenvalue weighted by Gasteiger charge is 2.21. The number of rotatable bonds is 6. The minimum atomic E-state index is 0.585. The second-order valence-electron chi connectivity index (χ2n) is 14.0. The highest BCUT2D eigenvalue weighted by Crippen LogP contribution is 2.42. The van der Waals surface area contributed by atoms with Crippen LogP contribution >= 0.6 is 0 Å². The Bertz CT molecular complexity index is 3170. The van der Waals surface area contributed by atoms with Gasteiger partial charge in [0, 0.05) is 32.8 Å². The maximum atomic E-state index is 6.86. The number of para-hydroxylation sites is 1. The van der Waals surface area contributed by atoms with Crippen LogP contribution < -0.4 is 0 Å². The molecule has 0 saturated carbocycles. The van der Waals surface area contributed by atoms with Crippen LogP contribution in [-0.4, -0.2) is 19.5 Å². The standard InChI is InChI=1S/C51H32N4O/c1-5-15-33(16-6-1)37-26-28-44-42(29-37)40-23-13-14-24-43(40)55(44)45-30-39(34-17-7-2-8-18-34)32-47-48(45)41-27-25-38(31-46(41)56-47)51-53-49(35-19-9-3-10-20-35)52-50(54-51)36-21-11-4-12-22-36/h1-32H. The first kappa shape index (κ1) is 31.9. The monoisotopic (exact) mass is 716 g/mol. The zero-order valence-electron chi connectivity index (χ0n) is 30.2. The molecule has 5 heteroatoms. The van der Waals surface area contributed by atoms with Crippen molar-refractivity contribution in [1.82, 2.24) is 19.5 Å². The Morgan fingerprint density at radius 3 is 1.46 bits per heavy atom. The van der Waals surface area contributed by atoms with Crippen LogP contribution in [0.5, 0.6) is 0 Å². The summed E-state index contributed by atoms with van der Waals surface area (Å²) in [4.78, 5) is 14.9. The van der Waals surface area contributed by atoms with Gasteiger partial charge < -0.3 is 8.98 Å². The van der Waals surface area contributed by atoms with Crippen molar-refractivity contribution < 1.29 is 4.42 Å². The van der Waals surface area contributed by atoms with Gasteiger partial charge in [0.2, 0.25) is 0 Å². The first-order valence-corrected chi connectivity index (χ1v) is 18.8. The van der Waals surface area contributed by atoms with Gasteiger partial charge in [-0.2, -0.15) is 0 Å². The van der Waals surface area contributed by atoms with Crippen molar-refractivity contribution in [2.45, 2.75) is 0 Å². The van der Waals surface area contributed by atoms with Crippen molar-refractivity contribution in [2.75, 3.05) is 0 Å². The number of hydrogen-bond acceptors (Lipinski definition) is 4. The second kappa shape index (κ2) is 13.0. The fourth-order valence-corrected chi connectivity index (χ4v) is 7.98. The predicted octanol–water partition coefficient (Wildman–Crippen LogP) is 13.2. The summed E-state index contributed by atoms with van der Waals surface area (Å²) in [6, 6.07) is 67.5. The molecule has 8 aromatic carbocycles. The Morgan fingerprint density at radius 1 is 0.321 bits per heavy atom. The molecule has 3 aromatic heterocycles. The van der Waals surface area contributed by atoms with Crippen LogP contribution in [-0.2, 0) is 0 Å². The van der Waals surface area contributed by atoms with E-state index in [0.29, 0.717) is 17.5 Å². The summed E-state index contributed by atoms with van der Waals surface area (Å²) in [5.41, 5.74) is 12.2. The molecule has 0 aliphatic rings. The van der Waals surface area contributed by atoms with E-state index < -0.39 is 0 Å². The summed E-state index contributed by atoms with van der Waals surface area (Å²) in [5, 5.41) is 4.47. The fraction of sp³-hybridized carbons (Fsp3) is 0. The van der Waals surface area contributed by atoms with Crippen LogP contribution in [0.25, 0.3) is 106 Å². The van der Waals surface area contributed by atoms with Gasteiger partial charge in [0.15, 0.2) is 17.5 Å². The van der Waals surface area contributed by atoms with Gasteiger partial charge in [0.25, 0.3) is 0 Å². The molecule has 3 heterocycles. The second-order valence-corrected chi connectivity index (χ2v) is 14.0. The molecule has 262 valence electrons. The Hall–Kier alpha value is -7.63. The van der Waals surface area contributed by atoms with E-state index in [1.165, 1.54) is 21.9 Å². The zero-order valence-corrected chi connectivity index (χ0v) is 30.2. The smallest absolute Gasteiger partial charge is 0.164 e. The van der Waals surface area contributed by atoms with Crippen molar-refractivity contribution in [3.63, 3.8) is 0 Å². The quantitative estimate of drug-likeness (QED) is 0.172. The lowest BCUT2D eigenvalue weighted by atomic mass is 10.0. The van der Waals surface area contributed by atoms with Crippen LogP contribution in [0.1, 0.15) is 0 Å². The van der Waals surface area contributed by atoms with Gasteiger partial charge in [-0.05, 0) is 64.7 Å². The van der Waals surface area contributed by atoms with Crippen LogP contribution in [0.2, 0.25) is 0 Å². The van der Waals surface area contributed by atoms with E-state index in [0.717, 1.165) is 66.5 Å². The third-order valence-electron chi connectivity index (χ3n) is 10.6. The topological polar surface area (TPSA) is 56.7 Å². The largest absolute Gasteiger partial charge is 0.456 e. The molecule has 0 aliphatic heterocycles. The molecule has 0 spiro atoms. The van der Waals surface area contributed by atoms with Gasteiger partial charge in [0.1, 0.15) is 11.2 Å². The molecule has 0 amide bonds. The van der Waals surface area contributed by atoms with Gasteiger partial charge in [-0.1, -0.05) is 152 Å². The molecule has 0 radical (unpaired) electrons. The lowest BCUT2D eigenvalue weighted by Gasteiger charge is -2.13. The van der Waals surface area contributed by atoms with Crippen molar-refractivity contribution in [1.29, 1.82) is 0 Å². The normalized spacial score (nSPS) is 11.6. The summed E-state index contributed by atoms with van der Waals surface area (Å²) in [6.45, 7) is 0. The number of benzene rings is 8. The molecule has 0 unspecified atom stereocenters. The van der Waals surface area contributed by atoms with Crippen LogP contribution in [0.15, 0.2) is 199 Å². The lowest BCUT2D eigenvalue weighted by Crippen LogP contribution is -2.00. The molecular weight excluding hydrogens is 685 g/mol. The Kier molecular flexibility index (Phi) is 7.42. The Morgan fingerprint density at radius 2 is 0.821 bits per heavy atom. The van der Waals surface area contributed by atoms with Gasteiger partial charge >= 0.3 is 0 Å². The summed E-state index contributed by atoms with van der Waals surface area (Å²) < 4.78 is 9.27. The van der Waals surface area contributed by atoms with Crippen LogP contribution in [0.4, 0.5) is 0 Å². The molecule has 0 N–H and O–H groups in total. The Labute approximate surface area is 322 Å². The summed E-state index contributed by atoms with van der Waals surface area (Å²) in [6.07, 6.45) is 0. The zero-order chi connectivity index (χ0) is 37.0. The van der Waals surface area contributed by atoms with Gasteiger partial charge in [-0.15, -0.1) is 0 Å². The average molecular weight is 717 g/mol. The number of hydrogen-bond donors (Lipinski definition) is 0. The third-order valence-corrected chi connectivity index (χ3v) is 10.6. The lowest BCUT2D eigenvalue weighted by molar-refractivity contribution is 0.669. The van der Waals surface area contributed by atoms with E-state index in [2.05, 4.69) is 138 Å². The molecule has 0 aliphatic carbocycles. The van der Waals surface area contributed by atoms with Crippen molar-refractivity contribution in [3.05, 3.63) is 194 Å². The predicted molar refractivity (Wildman–Crippen MR) is 229 cm³/mol. The van der Waals surface area contributed by atoms with Gasteiger partial charge in [-0.3, -0.25) is 0 Å². The average Bonchev–Trinajstić information content (AvgIpc) is 3.82. The highest BCUT2D eigenvalue weighted by molar-refractivity contribution is 6.16. The minimum Gasteiger partial charge on any atom is -0.456 e. The molecule has 0 fully saturated rings. The summed E-state index contributed by atoms with van der Waals surface area (Å²) in [5.74, 6) is 1.83. The van der Waals surface area contributed by atoms with Gasteiger partial charge in [0.05, 0.1) is 22.1 Å². The minimum absolute atomic E-state index is 0.585. The third kappa shape index (κ3) is 5.37. The van der Waals surface area contributed by atoms with E-state index in [4.69, 9.17) is 19.4 Å². The summed E-state index contributed by atoms with van der Waals surface area (Å²) >= 11 is 0.